The number of carbonyl (C=O) groups excluding carboxylic acids is 1. The van der Waals surface area contributed by atoms with Crippen molar-refractivity contribution in [3.63, 3.8) is 0 Å². The summed E-state index contributed by atoms with van der Waals surface area (Å²) in [4.78, 5) is 14.4. The first-order valence-electron chi connectivity index (χ1n) is 12.0. The minimum absolute atomic E-state index is 0. The normalized spacial score (nSPS) is 18.7. The van der Waals surface area contributed by atoms with Crippen molar-refractivity contribution < 1.29 is 4.79 Å². The molecule has 2 heterocycles. The number of nitrogens with zero attached hydrogens (tertiary/aromatic N) is 1. The highest BCUT2D eigenvalue weighted by molar-refractivity contribution is 7.59. The molecule has 3 aromatic rings. The predicted octanol–water partition coefficient (Wildman–Crippen LogP) is 5.41. The molecule has 5 rings (SSSR count). The lowest BCUT2D eigenvalue weighted by molar-refractivity contribution is -0.118. The minimum atomic E-state index is 0. The summed E-state index contributed by atoms with van der Waals surface area (Å²) < 4.78 is 0. The van der Waals surface area contributed by atoms with E-state index in [4.69, 9.17) is 5.73 Å². The lowest BCUT2D eigenvalue weighted by Crippen LogP contribution is -2.34. The Balaban J connectivity index is 0.000000186. The van der Waals surface area contributed by atoms with Crippen molar-refractivity contribution in [2.45, 2.75) is 38.1 Å². The fourth-order valence-electron chi connectivity index (χ4n) is 4.86. The SMILES string of the molecule is CN1CCC(C2C(=O)Nc3ccccc32)CC1.Cc1ccc(C(N)Cc2ccccc2)cc1.S. The second-order valence-electron chi connectivity index (χ2n) is 9.40. The Morgan fingerprint density at radius 1 is 0.941 bits per heavy atom. The van der Waals surface area contributed by atoms with Gasteiger partial charge in [-0.2, -0.15) is 13.5 Å². The quantitative estimate of drug-likeness (QED) is 0.530. The smallest absolute Gasteiger partial charge is 0.232 e. The van der Waals surface area contributed by atoms with E-state index >= 15 is 0 Å². The van der Waals surface area contributed by atoms with E-state index in [1.54, 1.807) is 0 Å². The molecule has 0 radical (unpaired) electrons. The Labute approximate surface area is 211 Å². The molecule has 4 nitrogen and oxygen atoms in total. The number of nitrogens with one attached hydrogen (secondary N) is 1. The Bertz CT molecular complexity index is 1050. The maximum absolute atomic E-state index is 12.1. The molecule has 1 saturated heterocycles. The van der Waals surface area contributed by atoms with Gasteiger partial charge in [0, 0.05) is 11.7 Å². The standard InChI is InChI=1S/C15H17N.C14H18N2O.H2S/c1-12-7-9-14(10-8-12)15(16)11-13-5-3-2-4-6-13;1-16-8-6-10(7-9-16)13-11-4-2-3-5-12(11)15-14(13)17;/h2-10,15H,11,16H2,1H3;2-5,10,13H,6-9H2,1H3,(H,15,17);1H2. The molecule has 5 heteroatoms. The summed E-state index contributed by atoms with van der Waals surface area (Å²) in [5, 5.41) is 3.00. The van der Waals surface area contributed by atoms with Crippen molar-refractivity contribution in [3.8, 4) is 0 Å². The Hall–Kier alpha value is -2.60. The molecular formula is C29H37N3OS. The molecule has 3 N–H and O–H groups in total. The summed E-state index contributed by atoms with van der Waals surface area (Å²) in [5.41, 5.74) is 12.2. The van der Waals surface area contributed by atoms with Gasteiger partial charge in [0.2, 0.25) is 5.91 Å². The van der Waals surface area contributed by atoms with Crippen LogP contribution in [0.25, 0.3) is 0 Å². The number of hydrogen-bond donors (Lipinski definition) is 2. The third-order valence-electron chi connectivity index (χ3n) is 6.87. The third-order valence-corrected chi connectivity index (χ3v) is 6.87. The van der Waals surface area contributed by atoms with Gasteiger partial charge in [0.05, 0.1) is 5.92 Å². The first kappa shape index (κ1) is 26.0. The molecule has 0 saturated carbocycles. The number of nitrogens with two attached hydrogens (primary N) is 1. The lowest BCUT2D eigenvalue weighted by atomic mass is 9.81. The van der Waals surface area contributed by atoms with Crippen molar-refractivity contribution in [3.05, 3.63) is 101 Å². The molecule has 1 amide bonds. The van der Waals surface area contributed by atoms with Gasteiger partial charge in [-0.1, -0.05) is 78.4 Å². The Morgan fingerprint density at radius 2 is 1.56 bits per heavy atom. The van der Waals surface area contributed by atoms with Crippen molar-refractivity contribution >= 4 is 25.1 Å². The van der Waals surface area contributed by atoms with Crippen LogP contribution < -0.4 is 11.1 Å². The second kappa shape index (κ2) is 12.2. The number of anilines is 1. The average Bonchev–Trinajstić information content (AvgIpc) is 3.17. The average molecular weight is 476 g/mol. The summed E-state index contributed by atoms with van der Waals surface area (Å²) >= 11 is 0. The van der Waals surface area contributed by atoms with E-state index < -0.39 is 0 Å². The highest BCUT2D eigenvalue weighted by Crippen LogP contribution is 2.40. The van der Waals surface area contributed by atoms with E-state index in [0.717, 1.165) is 38.0 Å². The fraction of sp³-hybridized carbons (Fsp3) is 0.345. The maximum Gasteiger partial charge on any atom is 0.232 e. The van der Waals surface area contributed by atoms with E-state index in [1.165, 1.54) is 22.3 Å². The summed E-state index contributed by atoms with van der Waals surface area (Å²) in [6.07, 6.45) is 3.15. The first-order chi connectivity index (χ1) is 16.0. The summed E-state index contributed by atoms with van der Waals surface area (Å²) in [7, 11) is 2.15. The van der Waals surface area contributed by atoms with Crippen molar-refractivity contribution in [2.24, 2.45) is 11.7 Å². The highest BCUT2D eigenvalue weighted by atomic mass is 32.1. The van der Waals surface area contributed by atoms with Gasteiger partial charge in [-0.15, -0.1) is 0 Å². The summed E-state index contributed by atoms with van der Waals surface area (Å²) in [6, 6.07) is 27.0. The van der Waals surface area contributed by atoms with E-state index in [0.29, 0.717) is 5.92 Å². The predicted molar refractivity (Wildman–Crippen MR) is 147 cm³/mol. The monoisotopic (exact) mass is 475 g/mol. The number of rotatable bonds is 4. The van der Waals surface area contributed by atoms with Gasteiger partial charge < -0.3 is 16.0 Å². The molecule has 2 unspecified atom stereocenters. The number of amides is 1. The molecule has 2 atom stereocenters. The number of fused-ring (bicyclic) bond motifs is 1. The molecule has 180 valence electrons. The largest absolute Gasteiger partial charge is 0.325 e. The molecule has 2 aliphatic heterocycles. The zero-order valence-corrected chi connectivity index (χ0v) is 21.2. The number of hydrogen-bond acceptors (Lipinski definition) is 3. The van der Waals surface area contributed by atoms with Gasteiger partial charge in [-0.25, -0.2) is 0 Å². The third kappa shape index (κ3) is 6.50. The van der Waals surface area contributed by atoms with Crippen LogP contribution >= 0.6 is 13.5 Å². The van der Waals surface area contributed by atoms with E-state index in [1.807, 2.05) is 24.3 Å². The van der Waals surface area contributed by atoms with Crippen molar-refractivity contribution in [1.29, 1.82) is 0 Å². The highest BCUT2D eigenvalue weighted by Gasteiger charge is 2.37. The van der Waals surface area contributed by atoms with Crippen LogP contribution in [-0.2, 0) is 11.2 Å². The van der Waals surface area contributed by atoms with Crippen LogP contribution in [0.3, 0.4) is 0 Å². The number of aryl methyl sites for hydroxylation is 1. The molecule has 3 aromatic carbocycles. The first-order valence-corrected chi connectivity index (χ1v) is 12.0. The lowest BCUT2D eigenvalue weighted by Gasteiger charge is -2.31. The van der Waals surface area contributed by atoms with Crippen LogP contribution in [0.15, 0.2) is 78.9 Å². The topological polar surface area (TPSA) is 58.4 Å². The van der Waals surface area contributed by atoms with E-state index in [-0.39, 0.29) is 31.4 Å². The molecule has 0 aliphatic carbocycles. The number of likely N-dealkylation sites (tertiary alicyclic amines) is 1. The van der Waals surface area contributed by atoms with Gasteiger partial charge in [-0.05, 0) is 75.0 Å². The Morgan fingerprint density at radius 3 is 2.24 bits per heavy atom. The fourth-order valence-corrected chi connectivity index (χ4v) is 4.86. The minimum Gasteiger partial charge on any atom is -0.325 e. The zero-order valence-electron chi connectivity index (χ0n) is 20.2. The molecule has 0 aromatic heterocycles. The van der Waals surface area contributed by atoms with Gasteiger partial charge in [-0.3, -0.25) is 4.79 Å². The van der Waals surface area contributed by atoms with Crippen LogP contribution in [0.4, 0.5) is 5.69 Å². The van der Waals surface area contributed by atoms with Gasteiger partial charge >= 0.3 is 0 Å². The number of para-hydroxylation sites is 1. The molecule has 0 spiro atoms. The molecule has 1 fully saturated rings. The van der Waals surface area contributed by atoms with Crippen molar-refractivity contribution in [1.82, 2.24) is 4.90 Å². The van der Waals surface area contributed by atoms with Crippen LogP contribution in [-0.4, -0.2) is 30.9 Å². The van der Waals surface area contributed by atoms with Crippen molar-refractivity contribution in [2.75, 3.05) is 25.5 Å². The van der Waals surface area contributed by atoms with Crippen LogP contribution in [0.2, 0.25) is 0 Å². The second-order valence-corrected chi connectivity index (χ2v) is 9.40. The van der Waals surface area contributed by atoms with Gasteiger partial charge in [0.25, 0.3) is 0 Å². The molecule has 0 bridgehead atoms. The number of benzene rings is 3. The zero-order chi connectivity index (χ0) is 23.2. The molecule has 34 heavy (non-hydrogen) atoms. The molecular weight excluding hydrogens is 438 g/mol. The van der Waals surface area contributed by atoms with Crippen LogP contribution in [0.5, 0.6) is 0 Å². The van der Waals surface area contributed by atoms with Crippen LogP contribution in [0, 0.1) is 12.8 Å². The van der Waals surface area contributed by atoms with E-state index in [9.17, 15) is 4.79 Å². The summed E-state index contributed by atoms with van der Waals surface area (Å²) in [6.45, 7) is 4.31. The van der Waals surface area contributed by atoms with E-state index in [2.05, 4.69) is 78.8 Å². The maximum atomic E-state index is 12.1. The number of piperidine rings is 1. The molecule has 2 aliphatic rings. The number of carbonyl (C=O) groups is 1. The van der Waals surface area contributed by atoms with Gasteiger partial charge in [0.1, 0.15) is 0 Å². The van der Waals surface area contributed by atoms with Gasteiger partial charge in [0.15, 0.2) is 0 Å². The van der Waals surface area contributed by atoms with Crippen LogP contribution in [0.1, 0.15) is 47.1 Å². The summed E-state index contributed by atoms with van der Waals surface area (Å²) in [5.74, 6) is 0.788. The Kier molecular flexibility index (Phi) is 9.34.